The lowest BCUT2D eigenvalue weighted by Gasteiger charge is -2.08. The zero-order valence-corrected chi connectivity index (χ0v) is 18.3. The zero-order valence-electron chi connectivity index (χ0n) is 15.2. The van der Waals surface area contributed by atoms with E-state index in [2.05, 4.69) is 10.3 Å². The van der Waals surface area contributed by atoms with Crippen LogP contribution in [0.2, 0.25) is 8.67 Å². The van der Waals surface area contributed by atoms with E-state index in [9.17, 15) is 9.59 Å². The van der Waals surface area contributed by atoms with E-state index in [1.54, 1.807) is 37.8 Å². The van der Waals surface area contributed by atoms with Gasteiger partial charge in [-0.3, -0.25) is 10.1 Å². The second-order valence-corrected chi connectivity index (χ2v) is 8.61. The summed E-state index contributed by atoms with van der Waals surface area (Å²) in [6, 6.07) is 6.73. The van der Waals surface area contributed by atoms with Crippen molar-refractivity contribution in [1.29, 1.82) is 0 Å². The first-order valence-corrected chi connectivity index (χ1v) is 10.5. The summed E-state index contributed by atoms with van der Waals surface area (Å²) >= 11 is 14.0. The van der Waals surface area contributed by atoms with Crippen LogP contribution in [0.4, 0.5) is 5.13 Å². The van der Waals surface area contributed by atoms with Crippen LogP contribution < -0.4 is 14.8 Å². The fraction of sp³-hybridized carbons (Fsp3) is 0.167. The maximum Gasteiger partial charge on any atom is 0.341 e. The third-order valence-corrected chi connectivity index (χ3v) is 5.89. The quantitative estimate of drug-likeness (QED) is 0.487. The van der Waals surface area contributed by atoms with Gasteiger partial charge in [0.2, 0.25) is 0 Å². The Hall–Kier alpha value is -2.33. The number of thiophene rings is 1. The first kappa shape index (κ1) is 21.4. The first-order chi connectivity index (χ1) is 13.9. The van der Waals surface area contributed by atoms with E-state index in [1.165, 1.54) is 17.4 Å². The van der Waals surface area contributed by atoms with Crippen molar-refractivity contribution in [2.24, 2.45) is 0 Å². The Balaban J connectivity index is 1.63. The minimum atomic E-state index is -0.728. The van der Waals surface area contributed by atoms with Crippen LogP contribution in [0.15, 0.2) is 29.6 Å². The molecule has 0 aliphatic rings. The fourth-order valence-electron chi connectivity index (χ4n) is 2.31. The smallest absolute Gasteiger partial charge is 0.341 e. The molecule has 0 saturated heterocycles. The van der Waals surface area contributed by atoms with E-state index in [0.717, 1.165) is 16.9 Å². The number of carbonyl (C=O) groups excluding carboxylic acids is 2. The molecule has 3 aromatic rings. The van der Waals surface area contributed by atoms with Crippen molar-refractivity contribution in [3.05, 3.63) is 43.9 Å². The van der Waals surface area contributed by atoms with E-state index >= 15 is 0 Å². The monoisotopic (exact) mass is 472 g/mol. The SMILES string of the molecule is COc1ccc(OC)c(-c2csc(NC(=O)COC(=O)c3cc(Cl)sc3Cl)n2)c1. The van der Waals surface area contributed by atoms with E-state index in [-0.39, 0.29) is 9.90 Å². The number of nitrogens with zero attached hydrogens (tertiary/aromatic N) is 1. The topological polar surface area (TPSA) is 86.8 Å². The van der Waals surface area contributed by atoms with E-state index in [1.807, 2.05) is 0 Å². The lowest BCUT2D eigenvalue weighted by atomic mass is 10.1. The average Bonchev–Trinajstić information content (AvgIpc) is 3.31. The molecule has 0 unspecified atom stereocenters. The normalized spacial score (nSPS) is 10.5. The molecule has 2 aromatic heterocycles. The highest BCUT2D eigenvalue weighted by Gasteiger charge is 2.18. The Kier molecular flexibility index (Phi) is 6.96. The van der Waals surface area contributed by atoms with Gasteiger partial charge in [-0.25, -0.2) is 9.78 Å². The van der Waals surface area contributed by atoms with Crippen molar-refractivity contribution in [1.82, 2.24) is 4.98 Å². The Labute approximate surface area is 184 Å². The van der Waals surface area contributed by atoms with Gasteiger partial charge >= 0.3 is 5.97 Å². The number of nitrogens with one attached hydrogen (secondary N) is 1. The predicted octanol–water partition coefficient (Wildman–Crippen LogP) is 4.99. The molecule has 152 valence electrons. The minimum absolute atomic E-state index is 0.121. The molecule has 1 N–H and O–H groups in total. The molecule has 0 saturated carbocycles. The molecule has 3 rings (SSSR count). The number of anilines is 1. The zero-order chi connectivity index (χ0) is 21.0. The van der Waals surface area contributed by atoms with Crippen LogP contribution in [-0.4, -0.2) is 37.7 Å². The highest BCUT2D eigenvalue weighted by Crippen LogP contribution is 2.35. The molecule has 0 spiro atoms. The molecule has 0 aliphatic carbocycles. The van der Waals surface area contributed by atoms with Crippen LogP contribution >= 0.6 is 45.9 Å². The summed E-state index contributed by atoms with van der Waals surface area (Å²) in [5.41, 5.74) is 1.45. The molecule has 0 radical (unpaired) electrons. The van der Waals surface area contributed by atoms with Crippen LogP contribution in [0.1, 0.15) is 10.4 Å². The number of methoxy groups -OCH3 is 2. The van der Waals surface area contributed by atoms with Gasteiger partial charge in [0.15, 0.2) is 11.7 Å². The Morgan fingerprint density at radius 1 is 1.17 bits per heavy atom. The predicted molar refractivity (Wildman–Crippen MR) is 114 cm³/mol. The van der Waals surface area contributed by atoms with E-state index < -0.39 is 18.5 Å². The number of halogens is 2. The van der Waals surface area contributed by atoms with Gasteiger partial charge in [0.05, 0.1) is 29.8 Å². The number of amides is 1. The summed E-state index contributed by atoms with van der Waals surface area (Å²) in [6.07, 6.45) is 0. The number of rotatable bonds is 7. The Morgan fingerprint density at radius 2 is 1.97 bits per heavy atom. The number of hydrogen-bond acceptors (Lipinski definition) is 8. The van der Waals surface area contributed by atoms with Gasteiger partial charge < -0.3 is 14.2 Å². The van der Waals surface area contributed by atoms with Gasteiger partial charge in [-0.15, -0.1) is 22.7 Å². The number of ether oxygens (including phenoxy) is 3. The molecule has 0 bridgehead atoms. The van der Waals surface area contributed by atoms with Crippen LogP contribution in [0.25, 0.3) is 11.3 Å². The van der Waals surface area contributed by atoms with E-state index in [4.69, 9.17) is 37.4 Å². The molecule has 0 aliphatic heterocycles. The standard InChI is InChI=1S/C18H14Cl2N2O5S2/c1-25-9-3-4-13(26-2)10(5-9)12-8-28-18(21-12)22-15(23)7-27-17(24)11-6-14(19)29-16(11)20/h3-6,8H,7H2,1-2H3,(H,21,22,23). The van der Waals surface area contributed by atoms with Gasteiger partial charge in [0, 0.05) is 10.9 Å². The minimum Gasteiger partial charge on any atom is -0.497 e. The second-order valence-electron chi connectivity index (χ2n) is 5.47. The van der Waals surface area contributed by atoms with Crippen molar-refractivity contribution < 1.29 is 23.8 Å². The number of hydrogen-bond donors (Lipinski definition) is 1. The van der Waals surface area contributed by atoms with Crippen molar-refractivity contribution in [2.75, 3.05) is 26.1 Å². The summed E-state index contributed by atoms with van der Waals surface area (Å²) in [6.45, 7) is -0.486. The molecular formula is C18H14Cl2N2O5S2. The number of thiazole rings is 1. The molecular weight excluding hydrogens is 459 g/mol. The van der Waals surface area contributed by atoms with Gasteiger partial charge in [-0.05, 0) is 24.3 Å². The fourth-order valence-corrected chi connectivity index (χ4v) is 4.48. The maximum atomic E-state index is 12.1. The van der Waals surface area contributed by atoms with Gasteiger partial charge in [-0.1, -0.05) is 23.2 Å². The lowest BCUT2D eigenvalue weighted by Crippen LogP contribution is -2.20. The summed E-state index contributed by atoms with van der Waals surface area (Å²) in [7, 11) is 3.12. The molecule has 7 nitrogen and oxygen atoms in total. The van der Waals surface area contributed by atoms with Crippen LogP contribution in [0.5, 0.6) is 11.5 Å². The number of carbonyl (C=O) groups is 2. The highest BCUT2D eigenvalue weighted by molar-refractivity contribution is 7.20. The van der Waals surface area contributed by atoms with Gasteiger partial charge in [-0.2, -0.15) is 0 Å². The Morgan fingerprint density at radius 3 is 2.62 bits per heavy atom. The van der Waals surface area contributed by atoms with Crippen molar-refractivity contribution >= 4 is 62.9 Å². The third-order valence-electron chi connectivity index (χ3n) is 3.64. The van der Waals surface area contributed by atoms with Gasteiger partial charge in [0.1, 0.15) is 15.8 Å². The average molecular weight is 473 g/mol. The maximum absolute atomic E-state index is 12.1. The molecule has 0 atom stereocenters. The van der Waals surface area contributed by atoms with Crippen LogP contribution in [-0.2, 0) is 9.53 Å². The highest BCUT2D eigenvalue weighted by atomic mass is 35.5. The third kappa shape index (κ3) is 5.18. The van der Waals surface area contributed by atoms with Crippen molar-refractivity contribution in [2.45, 2.75) is 0 Å². The van der Waals surface area contributed by atoms with E-state index in [0.29, 0.717) is 26.7 Å². The van der Waals surface area contributed by atoms with Crippen LogP contribution in [0.3, 0.4) is 0 Å². The molecule has 1 aromatic carbocycles. The molecule has 0 fully saturated rings. The summed E-state index contributed by atoms with van der Waals surface area (Å²) in [5, 5.41) is 4.71. The second kappa shape index (κ2) is 9.45. The lowest BCUT2D eigenvalue weighted by molar-refractivity contribution is -0.119. The first-order valence-electron chi connectivity index (χ1n) is 8.01. The molecule has 1 amide bonds. The van der Waals surface area contributed by atoms with Crippen molar-refractivity contribution in [3.63, 3.8) is 0 Å². The molecule has 29 heavy (non-hydrogen) atoms. The largest absolute Gasteiger partial charge is 0.497 e. The van der Waals surface area contributed by atoms with Gasteiger partial charge in [0.25, 0.3) is 5.91 Å². The molecule has 2 heterocycles. The number of esters is 1. The molecule has 11 heteroatoms. The summed E-state index contributed by atoms with van der Waals surface area (Å²) in [5.74, 6) is 0.0104. The number of aromatic nitrogens is 1. The number of benzene rings is 1. The van der Waals surface area contributed by atoms with Crippen molar-refractivity contribution in [3.8, 4) is 22.8 Å². The van der Waals surface area contributed by atoms with Crippen LogP contribution in [0, 0.1) is 0 Å². The Bertz CT molecular complexity index is 1050. The summed E-state index contributed by atoms with van der Waals surface area (Å²) in [4.78, 5) is 28.4. The summed E-state index contributed by atoms with van der Waals surface area (Å²) < 4.78 is 16.1.